The number of pyridine rings is 1. The number of nitrogens with zero attached hydrogens (tertiary/aromatic N) is 5. The van der Waals surface area contributed by atoms with Crippen molar-refractivity contribution in [2.24, 2.45) is 5.92 Å². The van der Waals surface area contributed by atoms with E-state index in [1.807, 2.05) is 18.3 Å². The van der Waals surface area contributed by atoms with Gasteiger partial charge < -0.3 is 18.4 Å². The average Bonchev–Trinajstić information content (AvgIpc) is 4.09. The van der Waals surface area contributed by atoms with Crippen LogP contribution in [0.4, 0.5) is 0 Å². The molecule has 0 N–H and O–H groups in total. The Balaban J connectivity index is 0.00000530. The van der Waals surface area contributed by atoms with E-state index in [0.29, 0.717) is 23.3 Å². The van der Waals surface area contributed by atoms with Crippen molar-refractivity contribution in [2.75, 3.05) is 0 Å². The molecule has 0 aliphatic rings. The first kappa shape index (κ1) is 44.9. The van der Waals surface area contributed by atoms with Crippen molar-refractivity contribution in [3.8, 4) is 56.6 Å². The Morgan fingerprint density at radius 2 is 1.08 bits per heavy atom. The summed E-state index contributed by atoms with van der Waals surface area (Å²) in [6.45, 7) is 6.83. The van der Waals surface area contributed by atoms with E-state index in [1.165, 1.54) is 16.3 Å². The van der Waals surface area contributed by atoms with Crippen LogP contribution in [-0.4, -0.2) is 18.7 Å². The largest absolute Gasteiger partial charge is 0.510 e. The molecule has 13 aromatic rings. The summed E-state index contributed by atoms with van der Waals surface area (Å²) < 4.78 is 16.0. The summed E-state index contributed by atoms with van der Waals surface area (Å²) in [5.41, 5.74) is 14.6. The number of imidazole rings is 1. The number of hydrogen-bond donors (Lipinski definition) is 0. The summed E-state index contributed by atoms with van der Waals surface area (Å²) in [7, 11) is 0. The third kappa shape index (κ3) is 7.53. The van der Waals surface area contributed by atoms with Crippen molar-refractivity contribution >= 4 is 54.6 Å². The molecule has 0 fully saturated rings. The van der Waals surface area contributed by atoms with Gasteiger partial charge in [-0.1, -0.05) is 189 Å². The van der Waals surface area contributed by atoms with Gasteiger partial charge in [-0.25, -0.2) is 4.98 Å². The zero-order valence-electron chi connectivity index (χ0n) is 39.9. The van der Waals surface area contributed by atoms with Crippen molar-refractivity contribution in [1.29, 1.82) is 0 Å². The minimum atomic E-state index is 0. The molecule has 0 spiro atoms. The second kappa shape index (κ2) is 18.5. The van der Waals surface area contributed by atoms with Crippen LogP contribution < -0.4 is 9.30 Å². The van der Waals surface area contributed by atoms with Crippen LogP contribution in [0.5, 0.6) is 11.5 Å². The second-order valence-corrected chi connectivity index (χ2v) is 18.6. The van der Waals surface area contributed by atoms with Crippen LogP contribution in [0.15, 0.2) is 219 Å². The molecule has 0 saturated carbocycles. The Hall–Kier alpha value is -8.31. The number of hydrogen-bond acceptors (Lipinski definition) is 2. The predicted molar refractivity (Wildman–Crippen MR) is 288 cm³/mol. The Bertz CT molecular complexity index is 4040. The Kier molecular flexibility index (Phi) is 11.5. The topological polar surface area (TPSA) is 40.8 Å². The van der Waals surface area contributed by atoms with Crippen LogP contribution in [0.1, 0.15) is 32.3 Å². The number of aromatic nitrogens is 5. The molecule has 6 nitrogen and oxygen atoms in total. The molecule has 7 heteroatoms. The molecule has 1 atom stereocenters. The average molecular weight is 1110 g/mol. The molecule has 9 aromatic carbocycles. The molecule has 0 radical (unpaired) electrons. The molecule has 72 heavy (non-hydrogen) atoms. The molecule has 4 heterocycles. The van der Waals surface area contributed by atoms with E-state index in [9.17, 15) is 0 Å². The number of benzene rings is 9. The van der Waals surface area contributed by atoms with Crippen LogP contribution in [0.3, 0.4) is 0 Å². The predicted octanol–water partition coefficient (Wildman–Crippen LogP) is 15.8. The van der Waals surface area contributed by atoms with E-state index in [2.05, 4.69) is 258 Å². The van der Waals surface area contributed by atoms with Gasteiger partial charge in [0, 0.05) is 55.1 Å². The normalized spacial score (nSPS) is 12.1. The molecule has 0 amide bonds. The zero-order chi connectivity index (χ0) is 47.6. The van der Waals surface area contributed by atoms with Gasteiger partial charge in [-0.2, -0.15) is 12.1 Å². The molecule has 13 rings (SSSR count). The third-order valence-corrected chi connectivity index (χ3v) is 14.2. The van der Waals surface area contributed by atoms with Gasteiger partial charge in [-0.05, 0) is 86.7 Å². The Labute approximate surface area is 432 Å². The zero-order valence-corrected chi connectivity index (χ0v) is 42.2. The maximum Gasteiger partial charge on any atom is 0.268 e. The third-order valence-electron chi connectivity index (χ3n) is 14.2. The first-order valence-corrected chi connectivity index (χ1v) is 24.3. The van der Waals surface area contributed by atoms with Gasteiger partial charge in [0.25, 0.3) is 6.33 Å². The first-order valence-electron chi connectivity index (χ1n) is 24.3. The monoisotopic (exact) mass is 1110 g/mol. The van der Waals surface area contributed by atoms with Crippen LogP contribution in [0.25, 0.3) is 99.8 Å². The minimum absolute atomic E-state index is 0. The standard InChI is InChI=1S/C65H47N5O.Pt/c1-43(2)44(3)47-36-37-66-63(38-47)70-58-33-15-12-28-55(58)64-61(69-56-31-13-10-26-53(56)54-27-11-14-32-57(54)69)40-50(41-62(64)70)71-49-25-18-24-48(39-49)67-42-68(60-35-17-16-34-59(60)67)65-51(45-20-6-4-7-21-45)29-19-30-52(65)46-22-8-5-9-23-46;/h4-38,40,43-44H,1-3H3;/q-2;. The summed E-state index contributed by atoms with van der Waals surface area (Å²) >= 11 is 0. The number of para-hydroxylation sites is 6. The minimum Gasteiger partial charge on any atom is -0.510 e. The summed E-state index contributed by atoms with van der Waals surface area (Å²) in [4.78, 5) is 5.05. The molecule has 350 valence electrons. The van der Waals surface area contributed by atoms with Crippen LogP contribution in [-0.2, 0) is 21.1 Å². The molecule has 4 aromatic heterocycles. The van der Waals surface area contributed by atoms with E-state index < -0.39 is 0 Å². The van der Waals surface area contributed by atoms with Gasteiger partial charge >= 0.3 is 0 Å². The van der Waals surface area contributed by atoms with E-state index in [1.54, 1.807) is 0 Å². The summed E-state index contributed by atoms with van der Waals surface area (Å²) in [5, 5.41) is 4.53. The number of ether oxygens (including phenoxy) is 1. The van der Waals surface area contributed by atoms with Crippen molar-refractivity contribution in [2.45, 2.75) is 26.7 Å². The van der Waals surface area contributed by atoms with Crippen LogP contribution in [0.2, 0.25) is 0 Å². The van der Waals surface area contributed by atoms with E-state index in [0.717, 1.165) is 89.0 Å². The van der Waals surface area contributed by atoms with Gasteiger partial charge in [0.15, 0.2) is 0 Å². The van der Waals surface area contributed by atoms with E-state index in [-0.39, 0.29) is 21.1 Å². The van der Waals surface area contributed by atoms with Gasteiger partial charge in [-0.15, -0.1) is 24.3 Å². The molecule has 0 aliphatic carbocycles. The van der Waals surface area contributed by atoms with Crippen LogP contribution >= 0.6 is 0 Å². The van der Waals surface area contributed by atoms with Crippen molar-refractivity contribution in [1.82, 2.24) is 18.7 Å². The maximum atomic E-state index is 7.06. The van der Waals surface area contributed by atoms with Gasteiger partial charge in [0.05, 0.1) is 27.8 Å². The number of rotatable bonds is 10. The van der Waals surface area contributed by atoms with Gasteiger partial charge in [0.1, 0.15) is 5.82 Å². The SMILES string of the molecule is CC(C)C(C)c1ccnc(-n2c3[c-]c(Oc4[c-]c(-n5[c-][n+](-c6c(-c7ccccc7)cccc6-c6ccccc6)c6ccccc65)ccc4)cc(-n4c5ccccc5c5ccccc54)c3c3ccccc32)c1.[Pt]. The van der Waals surface area contributed by atoms with Crippen LogP contribution in [0, 0.1) is 24.4 Å². The summed E-state index contributed by atoms with van der Waals surface area (Å²) in [6, 6.07) is 82.1. The summed E-state index contributed by atoms with van der Waals surface area (Å²) in [6.07, 6.45) is 5.74. The first-order chi connectivity index (χ1) is 35.0. The fourth-order valence-electron chi connectivity index (χ4n) is 10.5. The molecule has 0 bridgehead atoms. The molecular formula is C65H47N5OPt-2. The quantitative estimate of drug-likeness (QED) is 0.101. The van der Waals surface area contributed by atoms with Gasteiger partial charge in [0.2, 0.25) is 0 Å². The summed E-state index contributed by atoms with van der Waals surface area (Å²) in [5.74, 6) is 2.75. The van der Waals surface area contributed by atoms with E-state index >= 15 is 0 Å². The number of fused-ring (bicyclic) bond motifs is 7. The van der Waals surface area contributed by atoms with E-state index in [4.69, 9.17) is 9.72 Å². The molecule has 1 unspecified atom stereocenters. The van der Waals surface area contributed by atoms with Crippen molar-refractivity contribution in [3.63, 3.8) is 0 Å². The van der Waals surface area contributed by atoms with Crippen molar-refractivity contribution < 1.29 is 30.4 Å². The molecule has 0 saturated heterocycles. The molecule has 0 aliphatic heterocycles. The fraction of sp³-hybridized carbons (Fsp3) is 0.0769. The van der Waals surface area contributed by atoms with Crippen molar-refractivity contribution in [3.05, 3.63) is 243 Å². The molecular weight excluding hydrogens is 1060 g/mol. The Morgan fingerprint density at radius 3 is 1.74 bits per heavy atom. The smallest absolute Gasteiger partial charge is 0.268 e. The Morgan fingerprint density at radius 1 is 0.514 bits per heavy atom. The fourth-order valence-corrected chi connectivity index (χ4v) is 10.5. The second-order valence-electron chi connectivity index (χ2n) is 18.6. The maximum absolute atomic E-state index is 7.06. The van der Waals surface area contributed by atoms with Gasteiger partial charge in [-0.3, -0.25) is 4.57 Å².